The van der Waals surface area contributed by atoms with Crippen LogP contribution in [0.3, 0.4) is 0 Å². The van der Waals surface area contributed by atoms with Crippen molar-refractivity contribution in [3.8, 4) is 0 Å². The molecule has 0 spiro atoms. The lowest BCUT2D eigenvalue weighted by Crippen LogP contribution is -2.47. The fourth-order valence-electron chi connectivity index (χ4n) is 6.84. The van der Waals surface area contributed by atoms with E-state index in [4.69, 9.17) is 0 Å². The molecule has 302 valence electrons. The number of hydrogen-bond acceptors (Lipinski definition) is 4. The Bertz CT molecular complexity index is 903. The molecule has 0 aromatic carbocycles. The second kappa shape index (κ2) is 38.5. The van der Waals surface area contributed by atoms with Gasteiger partial charge in [-0.3, -0.25) is 9.35 Å². The first-order valence-corrected chi connectivity index (χ1v) is 23.6. The van der Waals surface area contributed by atoms with E-state index in [1.54, 1.807) is 0 Å². The fourth-order valence-corrected chi connectivity index (χ4v) is 7.60. The lowest BCUT2D eigenvalue weighted by Gasteiger charge is -2.23. The molecule has 0 saturated heterocycles. The van der Waals surface area contributed by atoms with Crippen LogP contribution in [0.25, 0.3) is 0 Å². The van der Waals surface area contributed by atoms with E-state index in [-0.39, 0.29) is 5.91 Å². The molecule has 0 bridgehead atoms. The molecule has 0 aliphatic rings. The minimum Gasteiger partial charge on any atom is -0.391 e. The van der Waals surface area contributed by atoms with Gasteiger partial charge in [0.1, 0.15) is 0 Å². The summed E-state index contributed by atoms with van der Waals surface area (Å²) in [5.41, 5.74) is 0. The van der Waals surface area contributed by atoms with E-state index in [9.17, 15) is 22.9 Å². The van der Waals surface area contributed by atoms with E-state index in [1.807, 2.05) is 0 Å². The number of carbonyl (C=O) groups excluding carboxylic acids is 1. The first-order chi connectivity index (χ1) is 24.8. The molecule has 2 atom stereocenters. The Morgan fingerprint density at radius 2 is 0.882 bits per heavy atom. The zero-order valence-corrected chi connectivity index (χ0v) is 34.6. The van der Waals surface area contributed by atoms with E-state index in [0.717, 1.165) is 64.2 Å². The van der Waals surface area contributed by atoms with Crippen molar-refractivity contribution in [2.45, 2.75) is 244 Å². The molecule has 0 aliphatic heterocycles. The van der Waals surface area contributed by atoms with Gasteiger partial charge in [0.25, 0.3) is 10.1 Å². The van der Waals surface area contributed by atoms with Crippen LogP contribution in [0.1, 0.15) is 232 Å². The predicted molar refractivity (Wildman–Crippen MR) is 221 cm³/mol. The summed E-state index contributed by atoms with van der Waals surface area (Å²) in [4.78, 5) is 12.5. The van der Waals surface area contributed by atoms with Crippen molar-refractivity contribution in [1.82, 2.24) is 5.32 Å². The normalized spacial score (nSPS) is 13.4. The summed E-state index contributed by atoms with van der Waals surface area (Å²) >= 11 is 0. The summed E-state index contributed by atoms with van der Waals surface area (Å²) in [6.07, 6.45) is 48.4. The molecule has 3 N–H and O–H groups in total. The first kappa shape index (κ1) is 49.8. The number of rotatable bonds is 40. The van der Waals surface area contributed by atoms with Crippen LogP contribution in [0.15, 0.2) is 24.3 Å². The van der Waals surface area contributed by atoms with Gasteiger partial charge < -0.3 is 10.4 Å². The quantitative estimate of drug-likeness (QED) is 0.0330. The molecule has 0 aromatic heterocycles. The second-order valence-electron chi connectivity index (χ2n) is 15.3. The van der Waals surface area contributed by atoms with Gasteiger partial charge in [-0.15, -0.1) is 0 Å². The summed E-state index contributed by atoms with van der Waals surface area (Å²) in [7, 11) is -4.31. The highest BCUT2D eigenvalue weighted by Crippen LogP contribution is 2.16. The zero-order valence-electron chi connectivity index (χ0n) is 33.7. The van der Waals surface area contributed by atoms with Gasteiger partial charge in [0.2, 0.25) is 5.91 Å². The maximum absolute atomic E-state index is 12.5. The van der Waals surface area contributed by atoms with Crippen molar-refractivity contribution in [2.24, 2.45) is 0 Å². The van der Waals surface area contributed by atoms with Gasteiger partial charge in [-0.1, -0.05) is 205 Å². The van der Waals surface area contributed by atoms with Crippen molar-refractivity contribution < 1.29 is 22.9 Å². The lowest BCUT2D eigenvalue weighted by molar-refractivity contribution is -0.122. The van der Waals surface area contributed by atoms with Crippen molar-refractivity contribution in [2.75, 3.05) is 5.75 Å². The van der Waals surface area contributed by atoms with Crippen LogP contribution in [-0.4, -0.2) is 41.9 Å². The van der Waals surface area contributed by atoms with Gasteiger partial charge >= 0.3 is 0 Å². The summed E-state index contributed by atoms with van der Waals surface area (Å²) < 4.78 is 32.6. The average molecular weight is 740 g/mol. The summed E-state index contributed by atoms with van der Waals surface area (Å²) in [5.74, 6) is -0.909. The van der Waals surface area contributed by atoms with E-state index in [0.29, 0.717) is 12.8 Å². The minimum absolute atomic E-state index is 0.257. The van der Waals surface area contributed by atoms with E-state index in [1.165, 1.54) is 141 Å². The lowest BCUT2D eigenvalue weighted by atomic mass is 10.0. The smallest absolute Gasteiger partial charge is 0.266 e. The van der Waals surface area contributed by atoms with Gasteiger partial charge in [-0.05, 0) is 44.9 Å². The molecular formula is C44H85NO5S. The standard InChI is InChI=1S/C44H85NO5S/c1-3-5-7-9-11-13-15-17-19-20-21-22-23-24-26-27-29-31-33-35-37-39-43(46)42(41-51(48,49)50)45-44(47)40-38-36-34-32-30-28-25-18-16-14-12-10-8-6-4-2/h12,14,18,25,42-43,46H,3-11,13,15-17,19-24,26-41H2,1-2H3,(H,45,47)(H,48,49,50)/b14-12-,25-18-. The third-order valence-electron chi connectivity index (χ3n) is 10.2. The van der Waals surface area contributed by atoms with Crippen LogP contribution in [0.2, 0.25) is 0 Å². The van der Waals surface area contributed by atoms with Crippen molar-refractivity contribution in [3.63, 3.8) is 0 Å². The van der Waals surface area contributed by atoms with Crippen molar-refractivity contribution in [1.29, 1.82) is 0 Å². The summed E-state index contributed by atoms with van der Waals surface area (Å²) in [5, 5.41) is 13.4. The Hall–Kier alpha value is -1.18. The van der Waals surface area contributed by atoms with Gasteiger partial charge in [-0.25, -0.2) is 0 Å². The van der Waals surface area contributed by atoms with Gasteiger partial charge in [0, 0.05) is 6.42 Å². The van der Waals surface area contributed by atoms with E-state index >= 15 is 0 Å². The van der Waals surface area contributed by atoms with Crippen LogP contribution in [0.5, 0.6) is 0 Å². The highest BCUT2D eigenvalue weighted by Gasteiger charge is 2.26. The number of amides is 1. The molecule has 7 heteroatoms. The number of nitrogens with one attached hydrogen (secondary N) is 1. The third-order valence-corrected chi connectivity index (χ3v) is 10.9. The number of aliphatic hydroxyl groups excluding tert-OH is 1. The molecule has 0 radical (unpaired) electrons. The molecule has 0 rings (SSSR count). The maximum Gasteiger partial charge on any atom is 0.266 e. The number of hydrogen-bond donors (Lipinski definition) is 3. The molecule has 0 aromatic rings. The number of unbranched alkanes of at least 4 members (excludes halogenated alkanes) is 28. The Labute approximate surface area is 317 Å². The van der Waals surface area contributed by atoms with Crippen LogP contribution < -0.4 is 5.32 Å². The first-order valence-electron chi connectivity index (χ1n) is 22.0. The van der Waals surface area contributed by atoms with Gasteiger partial charge in [0.05, 0.1) is 17.9 Å². The topological polar surface area (TPSA) is 104 Å². The Kier molecular flexibility index (Phi) is 37.6. The van der Waals surface area contributed by atoms with Crippen LogP contribution in [0.4, 0.5) is 0 Å². The van der Waals surface area contributed by atoms with Crippen molar-refractivity contribution in [3.05, 3.63) is 24.3 Å². The molecule has 0 fully saturated rings. The number of carbonyl (C=O) groups is 1. The molecule has 6 nitrogen and oxygen atoms in total. The molecule has 51 heavy (non-hydrogen) atoms. The fraction of sp³-hybridized carbons (Fsp3) is 0.886. The Morgan fingerprint density at radius 3 is 1.31 bits per heavy atom. The highest BCUT2D eigenvalue weighted by molar-refractivity contribution is 7.85. The van der Waals surface area contributed by atoms with Crippen molar-refractivity contribution >= 4 is 16.0 Å². The largest absolute Gasteiger partial charge is 0.391 e. The monoisotopic (exact) mass is 740 g/mol. The number of allylic oxidation sites excluding steroid dienone is 4. The minimum atomic E-state index is -4.31. The van der Waals surface area contributed by atoms with Gasteiger partial charge in [0.15, 0.2) is 0 Å². The summed E-state index contributed by atoms with van der Waals surface area (Å²) in [6, 6.07) is -0.976. The third kappa shape index (κ3) is 39.9. The maximum atomic E-state index is 12.5. The SMILES string of the molecule is CCCCC/C=C\C/C=C\CCCCCCCC(=O)NC(CS(=O)(=O)O)C(O)CCCCCCCCCCCCCCCCCCCCCCC. The van der Waals surface area contributed by atoms with E-state index < -0.39 is 28.0 Å². The molecule has 0 saturated carbocycles. The zero-order chi connectivity index (χ0) is 37.5. The summed E-state index contributed by atoms with van der Waals surface area (Å²) in [6.45, 7) is 4.51. The van der Waals surface area contributed by atoms with Gasteiger partial charge in [-0.2, -0.15) is 8.42 Å². The highest BCUT2D eigenvalue weighted by atomic mass is 32.2. The van der Waals surface area contributed by atoms with Crippen LogP contribution in [0, 0.1) is 0 Å². The van der Waals surface area contributed by atoms with E-state index in [2.05, 4.69) is 43.5 Å². The van der Waals surface area contributed by atoms with Crippen LogP contribution >= 0.6 is 0 Å². The molecular weight excluding hydrogens is 655 g/mol. The molecule has 1 amide bonds. The van der Waals surface area contributed by atoms with Crippen LogP contribution in [-0.2, 0) is 14.9 Å². The molecule has 2 unspecified atom stereocenters. The predicted octanol–water partition coefficient (Wildman–Crippen LogP) is 13.1. The Morgan fingerprint density at radius 1 is 0.529 bits per heavy atom. The molecule has 0 aliphatic carbocycles. The number of aliphatic hydroxyl groups is 1. The average Bonchev–Trinajstić information content (AvgIpc) is 3.09. The second-order valence-corrected chi connectivity index (χ2v) is 16.8. The molecule has 0 heterocycles. The Balaban J connectivity index is 3.81.